The quantitative estimate of drug-likeness (QED) is 0.368. The Balaban J connectivity index is 1.77. The second kappa shape index (κ2) is 9.90. The van der Waals surface area contributed by atoms with Gasteiger partial charge in [-0.3, -0.25) is 14.6 Å². The number of amides is 1. The molecule has 4 N–H and O–H groups in total. The number of carbonyl (C=O) groups excluding carboxylic acids is 1. The van der Waals surface area contributed by atoms with E-state index in [1.807, 2.05) is 29.2 Å². The summed E-state index contributed by atoms with van der Waals surface area (Å²) < 4.78 is 0. The van der Waals surface area contributed by atoms with Gasteiger partial charge in [-0.15, -0.1) is 5.10 Å². The van der Waals surface area contributed by atoms with Crippen molar-refractivity contribution in [3.8, 4) is 0 Å². The molecule has 0 bridgehead atoms. The summed E-state index contributed by atoms with van der Waals surface area (Å²) in [5, 5.41) is 12.2. The van der Waals surface area contributed by atoms with Crippen LogP contribution in [-0.2, 0) is 4.79 Å². The van der Waals surface area contributed by atoms with E-state index in [0.29, 0.717) is 0 Å². The first kappa shape index (κ1) is 19.9. The van der Waals surface area contributed by atoms with Gasteiger partial charge in [0.05, 0.1) is 6.21 Å². The van der Waals surface area contributed by atoms with Gasteiger partial charge in [0.2, 0.25) is 11.7 Å². The highest BCUT2D eigenvalue weighted by Gasteiger charge is 2.04. The van der Waals surface area contributed by atoms with E-state index in [1.54, 1.807) is 6.21 Å². The van der Waals surface area contributed by atoms with Gasteiger partial charge in [-0.1, -0.05) is 12.1 Å². The van der Waals surface area contributed by atoms with E-state index in [1.165, 1.54) is 0 Å². The van der Waals surface area contributed by atoms with Crippen molar-refractivity contribution in [1.82, 2.24) is 20.6 Å². The monoisotopic (exact) mass is 373 g/mol. The van der Waals surface area contributed by atoms with Gasteiger partial charge >= 0.3 is 5.69 Å². The van der Waals surface area contributed by atoms with Gasteiger partial charge in [0.25, 0.3) is 5.56 Å². The summed E-state index contributed by atoms with van der Waals surface area (Å²) in [6.07, 6.45) is 1.64. The molecule has 2 rings (SSSR count). The van der Waals surface area contributed by atoms with Crippen molar-refractivity contribution in [2.24, 2.45) is 5.10 Å². The fourth-order valence-electron chi connectivity index (χ4n) is 2.36. The zero-order chi connectivity index (χ0) is 19.6. The standard InChI is InChI=1S/C17H23N7O3/c1-3-24(4-2)13-7-5-12(6-8-13)11-19-21-14(25)9-10-18-15-16(26)20-17(27)23-22-15/h5-8,11H,3-4,9-10H2,1-2H3,(H,18,22)(H,21,25)(H2,20,23,26,27)/b19-11+. The highest BCUT2D eigenvalue weighted by Crippen LogP contribution is 2.13. The highest BCUT2D eigenvalue weighted by molar-refractivity contribution is 5.83. The molecule has 0 spiro atoms. The lowest BCUT2D eigenvalue weighted by Gasteiger charge is -2.20. The Morgan fingerprint density at radius 3 is 2.56 bits per heavy atom. The lowest BCUT2D eigenvalue weighted by Crippen LogP contribution is -2.28. The fraction of sp³-hybridized carbons (Fsp3) is 0.353. The van der Waals surface area contributed by atoms with Crippen LogP contribution in [0.2, 0.25) is 0 Å². The van der Waals surface area contributed by atoms with Crippen LogP contribution in [0.4, 0.5) is 11.5 Å². The van der Waals surface area contributed by atoms with Crippen LogP contribution in [0.3, 0.4) is 0 Å². The summed E-state index contributed by atoms with van der Waals surface area (Å²) in [5.41, 5.74) is 3.08. The van der Waals surface area contributed by atoms with E-state index in [4.69, 9.17) is 0 Å². The number of anilines is 2. The van der Waals surface area contributed by atoms with Crippen LogP contribution < -0.4 is 26.9 Å². The molecule has 1 amide bonds. The van der Waals surface area contributed by atoms with Crippen molar-refractivity contribution < 1.29 is 4.79 Å². The van der Waals surface area contributed by atoms with E-state index in [2.05, 4.69) is 44.8 Å². The average molecular weight is 373 g/mol. The topological polar surface area (TPSA) is 135 Å². The first-order valence-corrected chi connectivity index (χ1v) is 8.63. The summed E-state index contributed by atoms with van der Waals surface area (Å²) in [7, 11) is 0. The van der Waals surface area contributed by atoms with Gasteiger partial charge in [-0.05, 0) is 31.5 Å². The first-order valence-electron chi connectivity index (χ1n) is 8.63. The number of carbonyl (C=O) groups is 1. The molecule has 0 aliphatic heterocycles. The third kappa shape index (κ3) is 6.10. The Labute approximate surface area is 155 Å². The molecule has 1 aromatic carbocycles. The Kier molecular flexibility index (Phi) is 7.29. The minimum absolute atomic E-state index is 0.0563. The molecule has 0 saturated heterocycles. The first-order chi connectivity index (χ1) is 13.0. The predicted molar refractivity (Wildman–Crippen MR) is 104 cm³/mol. The summed E-state index contributed by atoms with van der Waals surface area (Å²) >= 11 is 0. The largest absolute Gasteiger partial charge is 0.372 e. The molecule has 0 unspecified atom stereocenters. The summed E-state index contributed by atoms with van der Waals surface area (Å²) in [4.78, 5) is 38.3. The van der Waals surface area contributed by atoms with Crippen LogP contribution in [0.15, 0.2) is 39.0 Å². The number of nitrogens with zero attached hydrogens (tertiary/aromatic N) is 3. The third-order valence-corrected chi connectivity index (χ3v) is 3.78. The Morgan fingerprint density at radius 1 is 1.22 bits per heavy atom. The maximum atomic E-state index is 11.7. The second-order valence-corrected chi connectivity index (χ2v) is 5.59. The van der Waals surface area contributed by atoms with Crippen molar-refractivity contribution >= 4 is 23.6 Å². The predicted octanol–water partition coefficient (Wildman–Crippen LogP) is 0.257. The van der Waals surface area contributed by atoms with Gasteiger partial charge in [0.1, 0.15) is 0 Å². The summed E-state index contributed by atoms with van der Waals surface area (Å²) in [5.74, 6) is -0.376. The number of aromatic nitrogens is 3. The van der Waals surface area contributed by atoms with Crippen molar-refractivity contribution in [3.63, 3.8) is 0 Å². The van der Waals surface area contributed by atoms with Crippen LogP contribution in [0, 0.1) is 0 Å². The fourth-order valence-corrected chi connectivity index (χ4v) is 2.36. The summed E-state index contributed by atoms with van der Waals surface area (Å²) in [6.45, 7) is 6.25. The minimum Gasteiger partial charge on any atom is -0.372 e. The van der Waals surface area contributed by atoms with E-state index in [0.717, 1.165) is 24.3 Å². The van der Waals surface area contributed by atoms with Crippen LogP contribution >= 0.6 is 0 Å². The third-order valence-electron chi connectivity index (χ3n) is 3.78. The lowest BCUT2D eigenvalue weighted by molar-refractivity contribution is -0.120. The molecular weight excluding hydrogens is 350 g/mol. The molecule has 0 saturated carbocycles. The van der Waals surface area contributed by atoms with Gasteiger partial charge < -0.3 is 10.2 Å². The number of hydrogen-bond acceptors (Lipinski definition) is 7. The van der Waals surface area contributed by atoms with Gasteiger partial charge in [-0.25, -0.2) is 15.3 Å². The van der Waals surface area contributed by atoms with Crippen LogP contribution in [0.5, 0.6) is 0 Å². The molecule has 0 atom stereocenters. The maximum Gasteiger partial charge on any atom is 0.342 e. The van der Waals surface area contributed by atoms with Crippen molar-refractivity contribution in [1.29, 1.82) is 0 Å². The molecular formula is C17H23N7O3. The van der Waals surface area contributed by atoms with Gasteiger partial charge in [0.15, 0.2) is 0 Å². The lowest BCUT2D eigenvalue weighted by atomic mass is 10.2. The SMILES string of the molecule is CCN(CC)c1ccc(/C=N/NC(=O)CCNc2n[nH]c(=O)[nH]c2=O)cc1. The smallest absolute Gasteiger partial charge is 0.342 e. The van der Waals surface area contributed by atoms with Crippen molar-refractivity contribution in [2.75, 3.05) is 29.9 Å². The second-order valence-electron chi connectivity index (χ2n) is 5.59. The molecule has 10 heteroatoms. The van der Waals surface area contributed by atoms with Gasteiger partial charge in [-0.2, -0.15) is 5.10 Å². The number of benzene rings is 1. The number of aromatic amines is 2. The number of rotatable bonds is 9. The van der Waals surface area contributed by atoms with E-state index in [-0.39, 0.29) is 24.7 Å². The van der Waals surface area contributed by atoms with Crippen LogP contribution in [0.1, 0.15) is 25.8 Å². The Bertz CT molecular complexity index is 882. The molecule has 1 heterocycles. The van der Waals surface area contributed by atoms with Crippen LogP contribution in [-0.4, -0.2) is 46.9 Å². The highest BCUT2D eigenvalue weighted by atomic mass is 16.2. The maximum absolute atomic E-state index is 11.7. The molecule has 10 nitrogen and oxygen atoms in total. The van der Waals surface area contributed by atoms with Crippen molar-refractivity contribution in [3.05, 3.63) is 50.7 Å². The molecule has 0 aliphatic rings. The Hall–Kier alpha value is -3.43. The van der Waals surface area contributed by atoms with Crippen molar-refractivity contribution in [2.45, 2.75) is 20.3 Å². The van der Waals surface area contributed by atoms with E-state index < -0.39 is 11.2 Å². The van der Waals surface area contributed by atoms with E-state index >= 15 is 0 Å². The minimum atomic E-state index is -0.692. The molecule has 144 valence electrons. The summed E-state index contributed by atoms with van der Waals surface area (Å²) in [6, 6.07) is 7.88. The van der Waals surface area contributed by atoms with E-state index in [9.17, 15) is 14.4 Å². The number of H-pyrrole nitrogens is 2. The molecule has 0 fully saturated rings. The zero-order valence-electron chi connectivity index (χ0n) is 15.3. The average Bonchev–Trinajstić information content (AvgIpc) is 2.66. The Morgan fingerprint density at radius 2 is 1.93 bits per heavy atom. The van der Waals surface area contributed by atoms with Crippen LogP contribution in [0.25, 0.3) is 0 Å². The zero-order valence-corrected chi connectivity index (χ0v) is 15.3. The molecule has 0 aliphatic carbocycles. The number of nitrogens with one attached hydrogen (secondary N) is 4. The normalized spacial score (nSPS) is 10.7. The molecule has 27 heavy (non-hydrogen) atoms. The molecule has 2 aromatic rings. The molecule has 0 radical (unpaired) electrons. The number of hydrogen-bond donors (Lipinski definition) is 4. The van der Waals surface area contributed by atoms with Gasteiger partial charge in [0, 0.05) is 31.7 Å². The molecule has 1 aromatic heterocycles. The number of hydrazone groups is 1.